The molecular weight excluding hydrogens is 272 g/mol. The lowest BCUT2D eigenvalue weighted by Crippen LogP contribution is -2.44. The van der Waals surface area contributed by atoms with E-state index in [0.717, 1.165) is 6.92 Å². The number of aliphatic hydroxyl groups is 2. The first-order valence-electron chi connectivity index (χ1n) is 5.88. The zero-order chi connectivity index (χ0) is 15.6. The molecule has 2 N–H and O–H groups in total. The number of carbonyl (C=O) groups is 2. The Labute approximate surface area is 116 Å². The second kappa shape index (κ2) is 9.43. The van der Waals surface area contributed by atoms with Gasteiger partial charge in [-0.1, -0.05) is 6.58 Å². The predicted molar refractivity (Wildman–Crippen MR) is 66.3 cm³/mol. The first-order chi connectivity index (χ1) is 9.30. The van der Waals surface area contributed by atoms with Gasteiger partial charge >= 0.3 is 17.9 Å². The van der Waals surface area contributed by atoms with Crippen LogP contribution < -0.4 is 0 Å². The third-order valence-electron chi connectivity index (χ3n) is 1.80. The normalized spacial score (nSPS) is 13.4. The van der Waals surface area contributed by atoms with E-state index in [2.05, 4.69) is 16.1 Å². The fraction of sp³-hybridized carbons (Fsp3) is 0.667. The molecule has 0 aromatic rings. The molecule has 1 unspecified atom stereocenters. The van der Waals surface area contributed by atoms with E-state index in [0.29, 0.717) is 0 Å². The molecule has 0 aliphatic rings. The average molecular weight is 292 g/mol. The number of carbonyl (C=O) groups excluding carboxylic acids is 2. The molecule has 0 fully saturated rings. The van der Waals surface area contributed by atoms with Crippen molar-refractivity contribution in [2.75, 3.05) is 33.0 Å². The van der Waals surface area contributed by atoms with Crippen molar-refractivity contribution in [3.8, 4) is 0 Å². The molecule has 20 heavy (non-hydrogen) atoms. The summed E-state index contributed by atoms with van der Waals surface area (Å²) in [6.07, 6.45) is 0. The van der Waals surface area contributed by atoms with Crippen molar-refractivity contribution in [1.82, 2.24) is 0 Å². The summed E-state index contributed by atoms with van der Waals surface area (Å²) in [4.78, 5) is 22.2. The molecule has 0 bridgehead atoms. The van der Waals surface area contributed by atoms with Crippen molar-refractivity contribution >= 4 is 11.9 Å². The van der Waals surface area contributed by atoms with E-state index >= 15 is 0 Å². The van der Waals surface area contributed by atoms with E-state index in [4.69, 9.17) is 14.6 Å². The summed E-state index contributed by atoms with van der Waals surface area (Å²) in [5, 5.41) is 18.3. The van der Waals surface area contributed by atoms with Crippen molar-refractivity contribution in [3.05, 3.63) is 12.2 Å². The zero-order valence-electron chi connectivity index (χ0n) is 11.6. The number of hydrogen-bond acceptors (Lipinski definition) is 8. The lowest BCUT2D eigenvalue weighted by Gasteiger charge is -2.26. The monoisotopic (exact) mass is 292 g/mol. The van der Waals surface area contributed by atoms with Crippen LogP contribution in [0.2, 0.25) is 0 Å². The Morgan fingerprint density at radius 1 is 1.10 bits per heavy atom. The maximum absolute atomic E-state index is 11.3. The minimum Gasteiger partial charge on any atom is -0.396 e. The zero-order valence-corrected chi connectivity index (χ0v) is 11.6. The molecule has 0 saturated heterocycles. The molecule has 0 aromatic carbocycles. The van der Waals surface area contributed by atoms with Crippen molar-refractivity contribution in [2.24, 2.45) is 0 Å². The number of esters is 2. The van der Waals surface area contributed by atoms with Crippen molar-refractivity contribution in [2.45, 2.75) is 19.8 Å². The first kappa shape index (κ1) is 18.5. The maximum atomic E-state index is 11.3. The van der Waals surface area contributed by atoms with Crippen LogP contribution in [-0.4, -0.2) is 61.2 Å². The minimum absolute atomic E-state index is 0.0295. The third kappa shape index (κ3) is 8.59. The topological polar surface area (TPSA) is 112 Å². The highest BCUT2D eigenvalue weighted by Crippen LogP contribution is 2.13. The van der Waals surface area contributed by atoms with Gasteiger partial charge in [-0.05, 0) is 6.92 Å². The number of ether oxygens (including phenoxy) is 4. The molecular formula is C12H20O8. The van der Waals surface area contributed by atoms with Crippen LogP contribution in [0.3, 0.4) is 0 Å². The molecule has 116 valence electrons. The largest absolute Gasteiger partial charge is 0.398 e. The van der Waals surface area contributed by atoms with Crippen LogP contribution in [-0.2, 0) is 28.5 Å². The molecule has 8 nitrogen and oxygen atoms in total. The average Bonchev–Trinajstić information content (AvgIpc) is 2.32. The quantitative estimate of drug-likeness (QED) is 0.236. The van der Waals surface area contributed by atoms with Gasteiger partial charge < -0.3 is 29.2 Å². The standard InChI is InChI=1S/C12H20O8/c1-9(2)11(15)20-12(16,19-10(3)14)8-18-7-6-17-5-4-13/h13,16H,1,4-8H2,2-3H3. The van der Waals surface area contributed by atoms with Crippen molar-refractivity contribution in [3.63, 3.8) is 0 Å². The molecule has 0 aliphatic carbocycles. The van der Waals surface area contributed by atoms with Crippen LogP contribution in [0.4, 0.5) is 0 Å². The lowest BCUT2D eigenvalue weighted by atomic mass is 10.4. The van der Waals surface area contributed by atoms with Crippen LogP contribution in [0.5, 0.6) is 0 Å². The van der Waals surface area contributed by atoms with Crippen LogP contribution in [0.15, 0.2) is 12.2 Å². The van der Waals surface area contributed by atoms with Crippen LogP contribution >= 0.6 is 0 Å². The molecule has 0 aliphatic heterocycles. The van der Waals surface area contributed by atoms with Crippen molar-refractivity contribution in [1.29, 1.82) is 0 Å². The lowest BCUT2D eigenvalue weighted by molar-refractivity contribution is -0.339. The van der Waals surface area contributed by atoms with Gasteiger partial charge in [-0.2, -0.15) is 0 Å². The first-order valence-corrected chi connectivity index (χ1v) is 5.88. The molecule has 1 atom stereocenters. The van der Waals surface area contributed by atoms with Gasteiger partial charge in [0, 0.05) is 12.5 Å². The van der Waals surface area contributed by atoms with Gasteiger partial charge in [0.25, 0.3) is 0 Å². The van der Waals surface area contributed by atoms with E-state index in [1.807, 2.05) is 0 Å². The maximum Gasteiger partial charge on any atom is 0.398 e. The molecule has 0 heterocycles. The Kier molecular flexibility index (Phi) is 8.73. The summed E-state index contributed by atoms with van der Waals surface area (Å²) in [6, 6.07) is 0. The van der Waals surface area contributed by atoms with Gasteiger partial charge in [-0.15, -0.1) is 0 Å². The Bertz CT molecular complexity index is 340. The van der Waals surface area contributed by atoms with Gasteiger partial charge in [0.05, 0.1) is 26.4 Å². The predicted octanol–water partition coefficient (Wildman–Crippen LogP) is -0.660. The Morgan fingerprint density at radius 2 is 1.70 bits per heavy atom. The van der Waals surface area contributed by atoms with Gasteiger partial charge in [0.2, 0.25) is 0 Å². The summed E-state index contributed by atoms with van der Waals surface area (Å²) in [6.45, 7) is 5.43. The number of rotatable bonds is 10. The number of aliphatic hydroxyl groups excluding tert-OH is 1. The fourth-order valence-corrected chi connectivity index (χ4v) is 1.02. The van der Waals surface area contributed by atoms with E-state index < -0.39 is 24.5 Å². The van der Waals surface area contributed by atoms with E-state index in [1.165, 1.54) is 6.92 Å². The smallest absolute Gasteiger partial charge is 0.396 e. The number of hydrogen-bond donors (Lipinski definition) is 2. The van der Waals surface area contributed by atoms with E-state index in [-0.39, 0.29) is 32.0 Å². The highest BCUT2D eigenvalue weighted by molar-refractivity contribution is 5.87. The molecule has 8 heteroatoms. The van der Waals surface area contributed by atoms with Crippen LogP contribution in [0, 0.1) is 0 Å². The van der Waals surface area contributed by atoms with E-state index in [9.17, 15) is 14.7 Å². The highest BCUT2D eigenvalue weighted by atomic mass is 16.9. The molecule has 0 spiro atoms. The second-order valence-corrected chi connectivity index (χ2v) is 3.86. The molecule has 0 aromatic heterocycles. The highest BCUT2D eigenvalue weighted by Gasteiger charge is 2.36. The molecule has 0 rings (SSSR count). The molecule has 0 radical (unpaired) electrons. The molecule has 0 saturated carbocycles. The SMILES string of the molecule is C=C(C)C(=O)OC(O)(COCCOCCO)OC(C)=O. The van der Waals surface area contributed by atoms with Gasteiger partial charge in [0.15, 0.2) is 6.61 Å². The minimum atomic E-state index is -2.52. The summed E-state index contributed by atoms with van der Waals surface area (Å²) in [5.41, 5.74) is 0.0295. The third-order valence-corrected chi connectivity index (χ3v) is 1.80. The Hall–Kier alpha value is -1.48. The molecule has 0 amide bonds. The van der Waals surface area contributed by atoms with Crippen molar-refractivity contribution < 1.29 is 38.7 Å². The summed E-state index contributed by atoms with van der Waals surface area (Å²) >= 11 is 0. The van der Waals surface area contributed by atoms with E-state index in [1.54, 1.807) is 0 Å². The Balaban J connectivity index is 4.29. The second-order valence-electron chi connectivity index (χ2n) is 3.86. The van der Waals surface area contributed by atoms with Crippen LogP contribution in [0.25, 0.3) is 0 Å². The summed E-state index contributed by atoms with van der Waals surface area (Å²) in [7, 11) is 0. The summed E-state index contributed by atoms with van der Waals surface area (Å²) < 4.78 is 19.0. The van der Waals surface area contributed by atoms with Gasteiger partial charge in [-0.25, -0.2) is 4.79 Å². The Morgan fingerprint density at radius 3 is 2.20 bits per heavy atom. The fourth-order valence-electron chi connectivity index (χ4n) is 1.02. The van der Waals surface area contributed by atoms with Crippen LogP contribution in [0.1, 0.15) is 13.8 Å². The van der Waals surface area contributed by atoms with Gasteiger partial charge in [-0.3, -0.25) is 4.79 Å². The summed E-state index contributed by atoms with van der Waals surface area (Å²) in [5.74, 6) is -4.28. The van der Waals surface area contributed by atoms with Gasteiger partial charge in [0.1, 0.15) is 0 Å².